The van der Waals surface area contributed by atoms with E-state index < -0.39 is 0 Å². The van der Waals surface area contributed by atoms with Crippen LogP contribution in [0.4, 0.5) is 10.1 Å². The summed E-state index contributed by atoms with van der Waals surface area (Å²) in [5.74, 6) is 1.73. The third kappa shape index (κ3) is 1.21. The molecular weight excluding hydrogens is 165 g/mol. The van der Waals surface area contributed by atoms with Gasteiger partial charge in [0.25, 0.3) is 0 Å². The van der Waals surface area contributed by atoms with Crippen LogP contribution in [0.2, 0.25) is 0 Å². The zero-order chi connectivity index (χ0) is 8.84. The molecule has 2 atom stereocenters. The molecule has 68 valence electrons. The van der Waals surface area contributed by atoms with E-state index in [0.717, 1.165) is 11.8 Å². The first-order valence-electron chi connectivity index (χ1n) is 4.83. The van der Waals surface area contributed by atoms with Gasteiger partial charge >= 0.3 is 0 Å². The molecule has 2 fully saturated rings. The molecule has 2 aliphatic rings. The summed E-state index contributed by atoms with van der Waals surface area (Å²) in [7, 11) is 0. The Morgan fingerprint density at radius 3 is 2.31 bits per heavy atom. The van der Waals surface area contributed by atoms with Crippen molar-refractivity contribution in [3.63, 3.8) is 0 Å². The number of halogens is 1. The molecule has 0 aromatic heterocycles. The lowest BCUT2D eigenvalue weighted by Gasteiger charge is -2.19. The van der Waals surface area contributed by atoms with Crippen LogP contribution < -0.4 is 4.90 Å². The second-order valence-electron chi connectivity index (χ2n) is 4.14. The Morgan fingerprint density at radius 2 is 1.69 bits per heavy atom. The number of nitrogens with zero attached hydrogens (tertiary/aromatic N) is 1. The van der Waals surface area contributed by atoms with E-state index in [1.165, 1.54) is 25.2 Å². The Hall–Kier alpha value is -1.05. The molecule has 2 heteroatoms. The fourth-order valence-electron chi connectivity index (χ4n) is 2.26. The van der Waals surface area contributed by atoms with Crippen LogP contribution in [0, 0.1) is 17.7 Å². The SMILES string of the molecule is Fc1ccc(N2CC3CC3C2)cc1. The van der Waals surface area contributed by atoms with Gasteiger partial charge in [-0.3, -0.25) is 0 Å². The summed E-state index contributed by atoms with van der Waals surface area (Å²) in [5.41, 5.74) is 1.17. The Balaban J connectivity index is 1.81. The van der Waals surface area contributed by atoms with Gasteiger partial charge in [0.2, 0.25) is 0 Å². The fraction of sp³-hybridized carbons (Fsp3) is 0.455. The Morgan fingerprint density at radius 1 is 1.08 bits per heavy atom. The van der Waals surface area contributed by atoms with Crippen LogP contribution in [-0.4, -0.2) is 13.1 Å². The first-order valence-corrected chi connectivity index (χ1v) is 4.83. The first-order chi connectivity index (χ1) is 6.33. The van der Waals surface area contributed by atoms with Crippen molar-refractivity contribution < 1.29 is 4.39 Å². The minimum absolute atomic E-state index is 0.145. The standard InChI is InChI=1S/C11H12FN/c12-10-1-3-11(4-2-10)13-6-8-5-9(8)7-13/h1-4,8-9H,5-7H2. The van der Waals surface area contributed by atoms with Crippen molar-refractivity contribution in [3.8, 4) is 0 Å². The van der Waals surface area contributed by atoms with Gasteiger partial charge in [0.05, 0.1) is 0 Å². The maximum atomic E-state index is 12.6. The first kappa shape index (κ1) is 7.36. The van der Waals surface area contributed by atoms with Crippen molar-refractivity contribution >= 4 is 5.69 Å². The molecule has 0 bridgehead atoms. The number of fused-ring (bicyclic) bond motifs is 1. The summed E-state index contributed by atoms with van der Waals surface area (Å²) in [5, 5.41) is 0. The molecule has 1 aromatic carbocycles. The fourth-order valence-corrected chi connectivity index (χ4v) is 2.26. The number of anilines is 1. The smallest absolute Gasteiger partial charge is 0.123 e. The molecule has 1 aliphatic heterocycles. The molecule has 0 amide bonds. The average Bonchev–Trinajstić information content (AvgIpc) is 2.75. The van der Waals surface area contributed by atoms with Gasteiger partial charge in [-0.1, -0.05) is 0 Å². The van der Waals surface area contributed by atoms with Crippen LogP contribution in [0.1, 0.15) is 6.42 Å². The molecule has 0 radical (unpaired) electrons. The number of benzene rings is 1. The van der Waals surface area contributed by atoms with E-state index in [0.29, 0.717) is 0 Å². The van der Waals surface area contributed by atoms with Gasteiger partial charge in [0.1, 0.15) is 5.82 Å². The molecular formula is C11H12FN. The minimum atomic E-state index is -0.145. The summed E-state index contributed by atoms with van der Waals surface area (Å²) in [6.07, 6.45) is 1.41. The van der Waals surface area contributed by atoms with Gasteiger partial charge in [0, 0.05) is 18.8 Å². The van der Waals surface area contributed by atoms with Crippen LogP contribution in [0.5, 0.6) is 0 Å². The van der Waals surface area contributed by atoms with Crippen LogP contribution in [-0.2, 0) is 0 Å². The highest BCUT2D eigenvalue weighted by Gasteiger charge is 2.44. The third-order valence-electron chi connectivity index (χ3n) is 3.17. The molecule has 13 heavy (non-hydrogen) atoms. The summed E-state index contributed by atoms with van der Waals surface area (Å²) in [4.78, 5) is 2.36. The second-order valence-corrected chi connectivity index (χ2v) is 4.14. The topological polar surface area (TPSA) is 3.24 Å². The molecule has 1 saturated heterocycles. The largest absolute Gasteiger partial charge is 0.371 e. The number of piperidine rings is 1. The minimum Gasteiger partial charge on any atom is -0.371 e. The molecule has 0 N–H and O–H groups in total. The molecule has 1 heterocycles. The van der Waals surface area contributed by atoms with Crippen LogP contribution >= 0.6 is 0 Å². The maximum Gasteiger partial charge on any atom is 0.123 e. The number of hydrogen-bond acceptors (Lipinski definition) is 1. The van der Waals surface area contributed by atoms with E-state index in [2.05, 4.69) is 4.90 Å². The van der Waals surface area contributed by atoms with Gasteiger partial charge in [-0.25, -0.2) is 4.39 Å². The van der Waals surface area contributed by atoms with Gasteiger partial charge in [0.15, 0.2) is 0 Å². The van der Waals surface area contributed by atoms with Crippen molar-refractivity contribution in [2.45, 2.75) is 6.42 Å². The van der Waals surface area contributed by atoms with E-state index in [1.54, 1.807) is 12.1 Å². The van der Waals surface area contributed by atoms with Crippen molar-refractivity contribution in [2.75, 3.05) is 18.0 Å². The zero-order valence-electron chi connectivity index (χ0n) is 7.41. The van der Waals surface area contributed by atoms with E-state index in [9.17, 15) is 4.39 Å². The quantitative estimate of drug-likeness (QED) is 0.636. The van der Waals surface area contributed by atoms with Gasteiger partial charge in [-0.15, -0.1) is 0 Å². The van der Waals surface area contributed by atoms with Crippen molar-refractivity contribution in [1.29, 1.82) is 0 Å². The maximum absolute atomic E-state index is 12.6. The van der Waals surface area contributed by atoms with Gasteiger partial charge < -0.3 is 4.90 Å². The lowest BCUT2D eigenvalue weighted by molar-refractivity contribution is 0.627. The molecule has 2 unspecified atom stereocenters. The lowest BCUT2D eigenvalue weighted by Crippen LogP contribution is -2.21. The predicted octanol–water partition coefficient (Wildman–Crippen LogP) is 2.28. The lowest BCUT2D eigenvalue weighted by atomic mass is 10.3. The second kappa shape index (κ2) is 2.47. The van der Waals surface area contributed by atoms with Crippen LogP contribution in [0.25, 0.3) is 0 Å². The monoisotopic (exact) mass is 177 g/mol. The highest BCUT2D eigenvalue weighted by Crippen LogP contribution is 2.46. The van der Waals surface area contributed by atoms with Gasteiger partial charge in [-0.2, -0.15) is 0 Å². The van der Waals surface area contributed by atoms with Gasteiger partial charge in [-0.05, 0) is 42.5 Å². The zero-order valence-corrected chi connectivity index (χ0v) is 7.41. The highest BCUT2D eigenvalue weighted by molar-refractivity contribution is 5.48. The normalized spacial score (nSPS) is 30.4. The molecule has 1 saturated carbocycles. The molecule has 1 aromatic rings. The Kier molecular flexibility index (Phi) is 1.40. The van der Waals surface area contributed by atoms with E-state index in [-0.39, 0.29) is 5.82 Å². The third-order valence-corrected chi connectivity index (χ3v) is 3.17. The van der Waals surface area contributed by atoms with E-state index in [1.807, 2.05) is 12.1 Å². The predicted molar refractivity (Wildman–Crippen MR) is 50.2 cm³/mol. The van der Waals surface area contributed by atoms with Crippen LogP contribution in [0.3, 0.4) is 0 Å². The number of rotatable bonds is 1. The molecule has 0 spiro atoms. The van der Waals surface area contributed by atoms with Crippen molar-refractivity contribution in [1.82, 2.24) is 0 Å². The summed E-state index contributed by atoms with van der Waals surface area (Å²) in [6.45, 7) is 2.35. The summed E-state index contributed by atoms with van der Waals surface area (Å²) >= 11 is 0. The number of hydrogen-bond donors (Lipinski definition) is 0. The molecule has 3 rings (SSSR count). The summed E-state index contributed by atoms with van der Waals surface area (Å²) in [6, 6.07) is 6.83. The van der Waals surface area contributed by atoms with E-state index in [4.69, 9.17) is 0 Å². The van der Waals surface area contributed by atoms with E-state index >= 15 is 0 Å². The van der Waals surface area contributed by atoms with Crippen LogP contribution in [0.15, 0.2) is 24.3 Å². The van der Waals surface area contributed by atoms with Crippen molar-refractivity contribution in [2.24, 2.45) is 11.8 Å². The highest BCUT2D eigenvalue weighted by atomic mass is 19.1. The average molecular weight is 177 g/mol. The Bertz CT molecular complexity index is 309. The van der Waals surface area contributed by atoms with Crippen molar-refractivity contribution in [3.05, 3.63) is 30.1 Å². The summed E-state index contributed by atoms with van der Waals surface area (Å²) < 4.78 is 12.6. The molecule has 1 nitrogen and oxygen atoms in total. The molecule has 1 aliphatic carbocycles. The Labute approximate surface area is 77.2 Å².